The number of carbonyl (C=O) groups is 1. The van der Waals surface area contributed by atoms with Crippen LogP contribution in [0, 0.1) is 6.92 Å². The van der Waals surface area contributed by atoms with E-state index < -0.39 is 0 Å². The van der Waals surface area contributed by atoms with Gasteiger partial charge in [0.25, 0.3) is 5.91 Å². The first kappa shape index (κ1) is 19.9. The monoisotopic (exact) mass is 425 g/mol. The van der Waals surface area contributed by atoms with E-state index >= 15 is 0 Å². The van der Waals surface area contributed by atoms with Crippen LogP contribution < -0.4 is 14.8 Å². The summed E-state index contributed by atoms with van der Waals surface area (Å²) in [6.45, 7) is 2.70. The molecule has 1 aliphatic heterocycles. The second-order valence-electron chi connectivity index (χ2n) is 7.59. The third-order valence-electron chi connectivity index (χ3n) is 5.57. The highest BCUT2D eigenvalue weighted by molar-refractivity contribution is 5.97. The van der Waals surface area contributed by atoms with Gasteiger partial charge in [-0.25, -0.2) is 0 Å². The molecule has 0 aliphatic carbocycles. The van der Waals surface area contributed by atoms with Gasteiger partial charge in [0.05, 0.1) is 11.3 Å². The van der Waals surface area contributed by atoms with Crippen LogP contribution in [0.1, 0.15) is 21.7 Å². The van der Waals surface area contributed by atoms with Gasteiger partial charge in [0.15, 0.2) is 11.5 Å². The Labute approximate surface area is 186 Å². The summed E-state index contributed by atoms with van der Waals surface area (Å²) in [5.74, 6) is 1.33. The molecule has 0 unspecified atom stereocenters. The van der Waals surface area contributed by atoms with Gasteiger partial charge in [0.1, 0.15) is 0 Å². The van der Waals surface area contributed by atoms with Crippen LogP contribution in [0.2, 0.25) is 0 Å². The molecule has 1 amide bonds. The molecule has 2 aromatic heterocycles. The number of aromatic nitrogens is 2. The van der Waals surface area contributed by atoms with Gasteiger partial charge in [0, 0.05) is 42.3 Å². The lowest BCUT2D eigenvalue weighted by molar-refractivity contribution is 0.0953. The zero-order chi connectivity index (χ0) is 21.9. The topological polar surface area (TPSA) is 65.4 Å². The third-order valence-corrected chi connectivity index (χ3v) is 5.57. The standard InChI is InChI=1S/C26H23N3O3/c1-18-22(26(30)28-14-12-20-9-5-6-13-27-20)16-23(19-7-3-2-4-8-19)29(18)21-10-11-24-25(15-21)32-17-31-24/h2-11,13,15-16H,12,14,17H2,1H3,(H,28,30). The van der Waals surface area contributed by atoms with E-state index in [0.29, 0.717) is 24.3 Å². The molecule has 6 nitrogen and oxygen atoms in total. The number of carbonyl (C=O) groups excluding carboxylic acids is 1. The Hall–Kier alpha value is -4.06. The first-order valence-electron chi connectivity index (χ1n) is 10.6. The van der Waals surface area contributed by atoms with E-state index in [1.54, 1.807) is 6.20 Å². The van der Waals surface area contributed by atoms with Crippen molar-refractivity contribution in [2.75, 3.05) is 13.3 Å². The van der Waals surface area contributed by atoms with E-state index in [1.807, 2.05) is 79.7 Å². The van der Waals surface area contributed by atoms with Crippen LogP contribution in [0.3, 0.4) is 0 Å². The summed E-state index contributed by atoms with van der Waals surface area (Å²) in [4.78, 5) is 17.4. The lowest BCUT2D eigenvalue weighted by Crippen LogP contribution is -2.26. The average molecular weight is 425 g/mol. The highest BCUT2D eigenvalue weighted by Crippen LogP contribution is 2.36. The van der Waals surface area contributed by atoms with Crippen molar-refractivity contribution in [3.8, 4) is 28.4 Å². The molecule has 0 radical (unpaired) electrons. The number of benzene rings is 2. The molecule has 0 saturated carbocycles. The van der Waals surface area contributed by atoms with E-state index in [9.17, 15) is 4.79 Å². The van der Waals surface area contributed by atoms with Gasteiger partial charge in [-0.2, -0.15) is 0 Å². The predicted octanol–water partition coefficient (Wildman–Crippen LogP) is 4.55. The van der Waals surface area contributed by atoms with E-state index in [1.165, 1.54) is 0 Å². The van der Waals surface area contributed by atoms with Crippen molar-refractivity contribution in [3.63, 3.8) is 0 Å². The van der Waals surface area contributed by atoms with E-state index in [0.717, 1.165) is 34.1 Å². The maximum atomic E-state index is 13.1. The van der Waals surface area contributed by atoms with Crippen LogP contribution in [0.4, 0.5) is 0 Å². The molecular weight excluding hydrogens is 402 g/mol. The number of hydrogen-bond acceptors (Lipinski definition) is 4. The van der Waals surface area contributed by atoms with Gasteiger partial charge in [-0.1, -0.05) is 36.4 Å². The second kappa shape index (κ2) is 8.59. The van der Waals surface area contributed by atoms with Crippen molar-refractivity contribution >= 4 is 5.91 Å². The molecule has 0 spiro atoms. The van der Waals surface area contributed by atoms with Gasteiger partial charge >= 0.3 is 0 Å². The van der Waals surface area contributed by atoms with Crippen LogP contribution in [0.25, 0.3) is 16.9 Å². The second-order valence-corrected chi connectivity index (χ2v) is 7.59. The molecular formula is C26H23N3O3. The first-order chi connectivity index (χ1) is 15.7. The summed E-state index contributed by atoms with van der Waals surface area (Å²) in [6, 6.07) is 23.6. The largest absolute Gasteiger partial charge is 0.454 e. The summed E-state index contributed by atoms with van der Waals surface area (Å²) in [6.07, 6.45) is 2.44. The highest BCUT2D eigenvalue weighted by Gasteiger charge is 2.21. The summed E-state index contributed by atoms with van der Waals surface area (Å²) in [5.41, 5.74) is 5.34. The summed E-state index contributed by atoms with van der Waals surface area (Å²) in [7, 11) is 0. The highest BCUT2D eigenvalue weighted by atomic mass is 16.7. The number of ether oxygens (including phenoxy) is 2. The first-order valence-corrected chi connectivity index (χ1v) is 10.6. The summed E-state index contributed by atoms with van der Waals surface area (Å²) < 4.78 is 13.1. The van der Waals surface area contributed by atoms with Crippen molar-refractivity contribution < 1.29 is 14.3 Å². The SMILES string of the molecule is Cc1c(C(=O)NCCc2ccccn2)cc(-c2ccccc2)n1-c1ccc2c(c1)OCO2. The molecule has 0 fully saturated rings. The average Bonchev–Trinajstić information content (AvgIpc) is 3.44. The minimum Gasteiger partial charge on any atom is -0.454 e. The molecule has 0 bridgehead atoms. The van der Waals surface area contributed by atoms with Crippen molar-refractivity contribution in [1.29, 1.82) is 0 Å². The Morgan fingerprint density at radius 3 is 2.62 bits per heavy atom. The number of hydrogen-bond donors (Lipinski definition) is 1. The maximum Gasteiger partial charge on any atom is 0.253 e. The lowest BCUT2D eigenvalue weighted by Gasteiger charge is -2.13. The molecule has 1 aliphatic rings. The molecule has 32 heavy (non-hydrogen) atoms. The molecule has 1 N–H and O–H groups in total. The molecule has 0 atom stereocenters. The molecule has 6 heteroatoms. The van der Waals surface area contributed by atoms with E-state index in [2.05, 4.69) is 14.9 Å². The minimum atomic E-state index is -0.102. The summed E-state index contributed by atoms with van der Waals surface area (Å²) in [5, 5.41) is 3.04. The normalized spacial score (nSPS) is 12.0. The van der Waals surface area contributed by atoms with Gasteiger partial charge in [-0.05, 0) is 42.8 Å². The zero-order valence-electron chi connectivity index (χ0n) is 17.7. The third kappa shape index (κ3) is 3.83. The van der Waals surface area contributed by atoms with Crippen LogP contribution in [0.15, 0.2) is 79.0 Å². The molecule has 2 aromatic carbocycles. The Balaban J connectivity index is 1.48. The fourth-order valence-corrected chi connectivity index (χ4v) is 3.96. The fraction of sp³-hybridized carbons (Fsp3) is 0.154. The van der Waals surface area contributed by atoms with E-state index in [4.69, 9.17) is 9.47 Å². The number of nitrogens with one attached hydrogen (secondary N) is 1. The number of fused-ring (bicyclic) bond motifs is 1. The van der Waals surface area contributed by atoms with Crippen molar-refractivity contribution in [2.45, 2.75) is 13.3 Å². The van der Waals surface area contributed by atoms with Crippen LogP contribution in [-0.4, -0.2) is 28.8 Å². The van der Waals surface area contributed by atoms with Gasteiger partial charge in [-0.15, -0.1) is 0 Å². The Kier molecular flexibility index (Phi) is 5.34. The maximum absolute atomic E-state index is 13.1. The molecule has 160 valence electrons. The van der Waals surface area contributed by atoms with Crippen LogP contribution in [-0.2, 0) is 6.42 Å². The Morgan fingerprint density at radius 2 is 1.81 bits per heavy atom. The van der Waals surface area contributed by atoms with Gasteiger partial charge in [0.2, 0.25) is 6.79 Å². The van der Waals surface area contributed by atoms with Crippen molar-refractivity contribution in [2.24, 2.45) is 0 Å². The molecule has 4 aromatic rings. The number of pyridine rings is 1. The summed E-state index contributed by atoms with van der Waals surface area (Å²) >= 11 is 0. The van der Waals surface area contributed by atoms with Crippen LogP contribution >= 0.6 is 0 Å². The number of amides is 1. The smallest absolute Gasteiger partial charge is 0.253 e. The Morgan fingerprint density at radius 1 is 1.00 bits per heavy atom. The van der Waals surface area contributed by atoms with Crippen molar-refractivity contribution in [1.82, 2.24) is 14.9 Å². The molecule has 5 rings (SSSR count). The predicted molar refractivity (Wildman–Crippen MR) is 122 cm³/mol. The lowest BCUT2D eigenvalue weighted by atomic mass is 10.1. The number of nitrogens with zero attached hydrogens (tertiary/aromatic N) is 2. The quantitative estimate of drug-likeness (QED) is 0.492. The number of rotatable bonds is 6. The van der Waals surface area contributed by atoms with E-state index in [-0.39, 0.29) is 12.7 Å². The Bertz CT molecular complexity index is 1250. The zero-order valence-corrected chi connectivity index (χ0v) is 17.7. The molecule has 3 heterocycles. The van der Waals surface area contributed by atoms with Crippen LogP contribution in [0.5, 0.6) is 11.5 Å². The van der Waals surface area contributed by atoms with Crippen molar-refractivity contribution in [3.05, 3.63) is 95.9 Å². The fourth-order valence-electron chi connectivity index (χ4n) is 3.96. The van der Waals surface area contributed by atoms with Gasteiger partial charge < -0.3 is 19.4 Å². The minimum absolute atomic E-state index is 0.102. The van der Waals surface area contributed by atoms with Gasteiger partial charge in [-0.3, -0.25) is 9.78 Å². The molecule has 0 saturated heterocycles.